The van der Waals surface area contributed by atoms with Gasteiger partial charge in [0.05, 0.1) is 0 Å². The van der Waals surface area contributed by atoms with Crippen LogP contribution in [0.1, 0.15) is 22.3 Å². The summed E-state index contributed by atoms with van der Waals surface area (Å²) in [6.07, 6.45) is 1.79. The number of anilines is 2. The summed E-state index contributed by atoms with van der Waals surface area (Å²) in [4.78, 5) is 14.3. The first-order valence-corrected chi connectivity index (χ1v) is 6.65. The van der Waals surface area contributed by atoms with Crippen LogP contribution in [0, 0.1) is 0 Å². The Hall–Kier alpha value is -2.49. The number of hydrogen-bond donors (Lipinski definition) is 2. The van der Waals surface area contributed by atoms with Crippen LogP contribution in [-0.2, 0) is 6.42 Å². The van der Waals surface area contributed by atoms with E-state index in [4.69, 9.17) is 5.73 Å². The lowest BCUT2D eigenvalue weighted by atomic mass is 9.99. The van der Waals surface area contributed by atoms with Crippen molar-refractivity contribution in [2.45, 2.75) is 12.8 Å². The fourth-order valence-corrected chi connectivity index (χ4v) is 2.66. The van der Waals surface area contributed by atoms with Crippen molar-refractivity contribution in [3.63, 3.8) is 0 Å². The third-order valence-corrected chi connectivity index (χ3v) is 3.63. The largest absolute Gasteiger partial charge is 0.508 e. The molecule has 1 heterocycles. The highest BCUT2D eigenvalue weighted by Crippen LogP contribution is 2.32. The molecule has 0 fully saturated rings. The minimum atomic E-state index is -0.104. The molecule has 4 nitrogen and oxygen atoms in total. The lowest BCUT2D eigenvalue weighted by Gasteiger charge is -2.30. The zero-order valence-corrected chi connectivity index (χ0v) is 11.0. The van der Waals surface area contributed by atoms with Crippen molar-refractivity contribution in [1.82, 2.24) is 0 Å². The number of carbonyl (C=O) groups excluding carboxylic acids is 1. The Labute approximate surface area is 117 Å². The molecule has 1 aliphatic rings. The van der Waals surface area contributed by atoms with Gasteiger partial charge in [-0.2, -0.15) is 0 Å². The van der Waals surface area contributed by atoms with E-state index in [0.717, 1.165) is 29.8 Å². The zero-order valence-electron chi connectivity index (χ0n) is 11.0. The number of benzene rings is 2. The van der Waals surface area contributed by atoms with Crippen LogP contribution in [0.25, 0.3) is 0 Å². The number of phenols is 1. The standard InChI is InChI=1S/C16H16N2O2/c17-14-7-2-8-15-13(14)6-3-9-18(15)16(20)11-4-1-5-12(19)10-11/h1-2,4-5,7-8,10,19H,3,6,9,17H2. The van der Waals surface area contributed by atoms with E-state index in [0.29, 0.717) is 12.1 Å². The topological polar surface area (TPSA) is 66.6 Å². The number of carbonyl (C=O) groups is 1. The van der Waals surface area contributed by atoms with E-state index in [1.807, 2.05) is 18.2 Å². The van der Waals surface area contributed by atoms with Crippen LogP contribution >= 0.6 is 0 Å². The minimum Gasteiger partial charge on any atom is -0.508 e. The first kappa shape index (κ1) is 12.5. The molecule has 102 valence electrons. The van der Waals surface area contributed by atoms with Crippen molar-refractivity contribution in [2.24, 2.45) is 0 Å². The maximum atomic E-state index is 12.6. The fraction of sp³-hybridized carbons (Fsp3) is 0.188. The van der Waals surface area contributed by atoms with Crippen molar-refractivity contribution >= 4 is 17.3 Å². The lowest BCUT2D eigenvalue weighted by molar-refractivity contribution is 0.0985. The summed E-state index contributed by atoms with van der Waals surface area (Å²) >= 11 is 0. The number of nitrogen functional groups attached to an aromatic ring is 1. The summed E-state index contributed by atoms with van der Waals surface area (Å²) < 4.78 is 0. The Kier molecular flexibility index (Phi) is 3.06. The van der Waals surface area contributed by atoms with Gasteiger partial charge in [0.25, 0.3) is 5.91 Å². The maximum Gasteiger partial charge on any atom is 0.258 e. The number of nitrogens with two attached hydrogens (primary N) is 1. The van der Waals surface area contributed by atoms with Crippen LogP contribution in [0.3, 0.4) is 0 Å². The normalized spacial score (nSPS) is 13.9. The second-order valence-electron chi connectivity index (χ2n) is 4.96. The average Bonchev–Trinajstić information content (AvgIpc) is 2.46. The fourth-order valence-electron chi connectivity index (χ4n) is 2.66. The number of fused-ring (bicyclic) bond motifs is 1. The Morgan fingerprint density at radius 3 is 2.80 bits per heavy atom. The van der Waals surface area contributed by atoms with Gasteiger partial charge in [0.1, 0.15) is 5.75 Å². The van der Waals surface area contributed by atoms with Crippen LogP contribution in [0.15, 0.2) is 42.5 Å². The zero-order chi connectivity index (χ0) is 14.1. The monoisotopic (exact) mass is 268 g/mol. The summed E-state index contributed by atoms with van der Waals surface area (Å²) in [5, 5.41) is 9.51. The number of nitrogens with zero attached hydrogens (tertiary/aromatic N) is 1. The SMILES string of the molecule is Nc1cccc2c1CCCN2C(=O)c1cccc(O)c1. The molecule has 0 radical (unpaired) electrons. The van der Waals surface area contributed by atoms with E-state index >= 15 is 0 Å². The van der Waals surface area contributed by atoms with E-state index in [1.54, 1.807) is 23.1 Å². The molecule has 0 saturated carbocycles. The second kappa shape index (κ2) is 4.89. The molecular formula is C16H16N2O2. The van der Waals surface area contributed by atoms with E-state index in [-0.39, 0.29) is 11.7 Å². The Bertz CT molecular complexity index is 667. The molecule has 20 heavy (non-hydrogen) atoms. The first-order chi connectivity index (χ1) is 9.66. The van der Waals surface area contributed by atoms with Gasteiger partial charge < -0.3 is 15.7 Å². The van der Waals surface area contributed by atoms with Crippen molar-refractivity contribution < 1.29 is 9.90 Å². The summed E-state index contributed by atoms with van der Waals surface area (Å²) in [6.45, 7) is 0.672. The van der Waals surface area contributed by atoms with Gasteiger partial charge in [-0.25, -0.2) is 0 Å². The molecule has 1 aliphatic heterocycles. The summed E-state index contributed by atoms with van der Waals surface area (Å²) in [7, 11) is 0. The third-order valence-electron chi connectivity index (χ3n) is 3.63. The Morgan fingerprint density at radius 2 is 2.00 bits per heavy atom. The van der Waals surface area contributed by atoms with Gasteiger partial charge >= 0.3 is 0 Å². The van der Waals surface area contributed by atoms with Crippen LogP contribution < -0.4 is 10.6 Å². The molecule has 0 saturated heterocycles. The molecule has 2 aromatic rings. The first-order valence-electron chi connectivity index (χ1n) is 6.65. The Morgan fingerprint density at radius 1 is 1.20 bits per heavy atom. The highest BCUT2D eigenvalue weighted by Gasteiger charge is 2.24. The van der Waals surface area contributed by atoms with E-state index in [9.17, 15) is 9.90 Å². The van der Waals surface area contributed by atoms with Crippen LogP contribution in [-0.4, -0.2) is 17.6 Å². The lowest BCUT2D eigenvalue weighted by Crippen LogP contribution is -2.35. The van der Waals surface area contributed by atoms with Crippen molar-refractivity contribution in [1.29, 1.82) is 0 Å². The van der Waals surface area contributed by atoms with Gasteiger partial charge in [0.15, 0.2) is 0 Å². The predicted octanol–water partition coefficient (Wildman–Crippen LogP) is 2.57. The molecule has 0 spiro atoms. The molecular weight excluding hydrogens is 252 g/mol. The van der Waals surface area contributed by atoms with Crippen molar-refractivity contribution in [3.05, 3.63) is 53.6 Å². The molecule has 3 rings (SSSR count). The van der Waals surface area contributed by atoms with Crippen LogP contribution in [0.2, 0.25) is 0 Å². The third kappa shape index (κ3) is 2.09. The van der Waals surface area contributed by atoms with Crippen LogP contribution in [0.4, 0.5) is 11.4 Å². The molecule has 0 atom stereocenters. The maximum absolute atomic E-state index is 12.6. The van der Waals surface area contributed by atoms with Gasteiger partial charge in [-0.15, -0.1) is 0 Å². The average molecular weight is 268 g/mol. The molecule has 1 amide bonds. The number of phenolic OH excluding ortho intramolecular Hbond substituents is 1. The number of aromatic hydroxyl groups is 1. The molecule has 0 bridgehead atoms. The molecule has 3 N–H and O–H groups in total. The van der Waals surface area contributed by atoms with Gasteiger partial charge in [0.2, 0.25) is 0 Å². The molecule has 0 unspecified atom stereocenters. The smallest absolute Gasteiger partial charge is 0.258 e. The van der Waals surface area contributed by atoms with Crippen molar-refractivity contribution in [2.75, 3.05) is 17.2 Å². The van der Waals surface area contributed by atoms with Gasteiger partial charge in [0, 0.05) is 23.5 Å². The summed E-state index contributed by atoms with van der Waals surface area (Å²) in [5.41, 5.74) is 9.12. The molecule has 0 aliphatic carbocycles. The minimum absolute atomic E-state index is 0.0978. The summed E-state index contributed by atoms with van der Waals surface area (Å²) in [5.74, 6) is -0.00638. The molecule has 2 aromatic carbocycles. The molecule has 4 heteroatoms. The summed E-state index contributed by atoms with van der Waals surface area (Å²) in [6, 6.07) is 12.1. The predicted molar refractivity (Wildman–Crippen MR) is 79.0 cm³/mol. The van der Waals surface area contributed by atoms with E-state index < -0.39 is 0 Å². The van der Waals surface area contributed by atoms with Crippen LogP contribution in [0.5, 0.6) is 5.75 Å². The number of rotatable bonds is 1. The quantitative estimate of drug-likeness (QED) is 0.781. The number of hydrogen-bond acceptors (Lipinski definition) is 3. The van der Waals surface area contributed by atoms with Gasteiger partial charge in [-0.1, -0.05) is 12.1 Å². The highest BCUT2D eigenvalue weighted by molar-refractivity contribution is 6.07. The van der Waals surface area contributed by atoms with E-state index in [2.05, 4.69) is 0 Å². The van der Waals surface area contributed by atoms with Crippen molar-refractivity contribution in [3.8, 4) is 5.75 Å². The Balaban J connectivity index is 2.01. The highest BCUT2D eigenvalue weighted by atomic mass is 16.3. The van der Waals surface area contributed by atoms with Gasteiger partial charge in [-0.05, 0) is 48.7 Å². The van der Waals surface area contributed by atoms with E-state index in [1.165, 1.54) is 6.07 Å². The van der Waals surface area contributed by atoms with Gasteiger partial charge in [-0.3, -0.25) is 4.79 Å². The molecule has 0 aromatic heterocycles. The second-order valence-corrected chi connectivity index (χ2v) is 4.96. The number of amides is 1.